The molecule has 2 rings (SSSR count). The number of amides is 1. The second-order valence-electron chi connectivity index (χ2n) is 6.84. The van der Waals surface area contributed by atoms with E-state index in [2.05, 4.69) is 10.0 Å². The highest BCUT2D eigenvalue weighted by atomic mass is 32.2. The number of nitrogens with one attached hydrogen (secondary N) is 2. The summed E-state index contributed by atoms with van der Waals surface area (Å²) in [6.45, 7) is 5.24. The third-order valence-corrected chi connectivity index (χ3v) is 6.01. The molecule has 1 atom stereocenters. The van der Waals surface area contributed by atoms with Crippen LogP contribution in [0.2, 0.25) is 0 Å². The van der Waals surface area contributed by atoms with Gasteiger partial charge in [0.05, 0.1) is 12.0 Å². The second kappa shape index (κ2) is 11.7. The van der Waals surface area contributed by atoms with Crippen molar-refractivity contribution in [1.82, 2.24) is 10.0 Å². The van der Waals surface area contributed by atoms with Crippen molar-refractivity contribution < 1.29 is 22.7 Å². The second-order valence-corrected chi connectivity index (χ2v) is 8.55. The van der Waals surface area contributed by atoms with Crippen LogP contribution in [0.4, 0.5) is 0 Å². The number of aryl methyl sites for hydroxylation is 1. The van der Waals surface area contributed by atoms with Gasteiger partial charge in [-0.3, -0.25) is 4.79 Å². The molecule has 0 heterocycles. The van der Waals surface area contributed by atoms with E-state index < -0.39 is 16.1 Å². The Morgan fingerprint density at radius 1 is 1.13 bits per heavy atom. The zero-order chi connectivity index (χ0) is 22.0. The molecule has 2 N–H and O–H groups in total. The van der Waals surface area contributed by atoms with E-state index in [1.54, 1.807) is 13.0 Å². The van der Waals surface area contributed by atoms with Crippen LogP contribution in [0.25, 0.3) is 0 Å². The standard InChI is InChI=1S/C22H30N2O5S/c1-4-29-14-8-13-23-22(25)20(16-18-9-6-5-7-10-18)24-30(26,27)19-11-12-21(28-3)17(2)15-19/h5-7,9-12,15,20,24H,4,8,13-14,16H2,1-3H3,(H,23,25)/t20-/m1/s1. The molecule has 0 spiro atoms. The summed E-state index contributed by atoms with van der Waals surface area (Å²) in [6, 6.07) is 13.0. The van der Waals surface area contributed by atoms with Crippen LogP contribution in [0, 0.1) is 6.92 Å². The minimum Gasteiger partial charge on any atom is -0.496 e. The van der Waals surface area contributed by atoms with Crippen LogP contribution in [-0.2, 0) is 26.0 Å². The lowest BCUT2D eigenvalue weighted by Crippen LogP contribution is -2.48. The number of sulfonamides is 1. The highest BCUT2D eigenvalue weighted by molar-refractivity contribution is 7.89. The number of benzene rings is 2. The predicted molar refractivity (Wildman–Crippen MR) is 116 cm³/mol. The monoisotopic (exact) mass is 434 g/mol. The Hall–Kier alpha value is -2.42. The molecule has 2 aromatic carbocycles. The van der Waals surface area contributed by atoms with Crippen molar-refractivity contribution in [3.05, 3.63) is 59.7 Å². The predicted octanol–water partition coefficient (Wildman–Crippen LogP) is 2.44. The first-order valence-electron chi connectivity index (χ1n) is 9.93. The number of ether oxygens (including phenoxy) is 2. The average molecular weight is 435 g/mol. The van der Waals surface area contributed by atoms with E-state index in [0.29, 0.717) is 37.5 Å². The van der Waals surface area contributed by atoms with E-state index in [-0.39, 0.29) is 17.2 Å². The van der Waals surface area contributed by atoms with Gasteiger partial charge in [-0.2, -0.15) is 4.72 Å². The number of carbonyl (C=O) groups is 1. The molecule has 0 aliphatic carbocycles. The fourth-order valence-corrected chi connectivity index (χ4v) is 4.24. The molecule has 0 aliphatic heterocycles. The van der Waals surface area contributed by atoms with Crippen LogP contribution in [0.1, 0.15) is 24.5 Å². The lowest BCUT2D eigenvalue weighted by Gasteiger charge is -2.19. The summed E-state index contributed by atoms with van der Waals surface area (Å²) in [6.07, 6.45) is 0.897. The van der Waals surface area contributed by atoms with Crippen LogP contribution < -0.4 is 14.8 Å². The van der Waals surface area contributed by atoms with E-state index in [9.17, 15) is 13.2 Å². The van der Waals surface area contributed by atoms with Gasteiger partial charge in [0.25, 0.3) is 0 Å². The van der Waals surface area contributed by atoms with Crippen LogP contribution in [0.15, 0.2) is 53.4 Å². The minimum absolute atomic E-state index is 0.0861. The maximum atomic E-state index is 13.0. The largest absolute Gasteiger partial charge is 0.496 e. The molecule has 7 nitrogen and oxygen atoms in total. The van der Waals surface area contributed by atoms with E-state index in [1.807, 2.05) is 37.3 Å². The van der Waals surface area contributed by atoms with Crippen LogP contribution in [0.3, 0.4) is 0 Å². The Bertz CT molecular complexity index is 916. The molecule has 2 aromatic rings. The van der Waals surface area contributed by atoms with Crippen molar-refractivity contribution in [2.45, 2.75) is 37.6 Å². The zero-order valence-electron chi connectivity index (χ0n) is 17.7. The van der Waals surface area contributed by atoms with Crippen molar-refractivity contribution in [3.63, 3.8) is 0 Å². The maximum absolute atomic E-state index is 13.0. The molecule has 0 aliphatic rings. The van der Waals surface area contributed by atoms with E-state index >= 15 is 0 Å². The molecule has 0 fully saturated rings. The number of methoxy groups -OCH3 is 1. The highest BCUT2D eigenvalue weighted by Crippen LogP contribution is 2.21. The summed E-state index contributed by atoms with van der Waals surface area (Å²) in [7, 11) is -2.37. The van der Waals surface area contributed by atoms with Gasteiger partial charge in [0.15, 0.2) is 0 Å². The highest BCUT2D eigenvalue weighted by Gasteiger charge is 2.26. The molecule has 0 aromatic heterocycles. The third-order valence-electron chi connectivity index (χ3n) is 4.54. The Kier molecular flexibility index (Phi) is 9.29. The summed E-state index contributed by atoms with van der Waals surface area (Å²) in [5.41, 5.74) is 1.56. The fraction of sp³-hybridized carbons (Fsp3) is 0.409. The lowest BCUT2D eigenvalue weighted by atomic mass is 10.1. The molecule has 1 amide bonds. The summed E-state index contributed by atoms with van der Waals surface area (Å²) < 4.78 is 38.9. The molecule has 164 valence electrons. The van der Waals surface area contributed by atoms with Crippen LogP contribution in [0.5, 0.6) is 5.75 Å². The third kappa shape index (κ3) is 7.12. The smallest absolute Gasteiger partial charge is 0.241 e. The Labute approximate surface area is 178 Å². The molecule has 0 saturated heterocycles. The molecule has 8 heteroatoms. The van der Waals surface area contributed by atoms with Crippen molar-refractivity contribution in [3.8, 4) is 5.75 Å². The van der Waals surface area contributed by atoms with Gasteiger partial charge in [-0.15, -0.1) is 0 Å². The lowest BCUT2D eigenvalue weighted by molar-refractivity contribution is -0.122. The first-order chi connectivity index (χ1) is 14.4. The van der Waals surface area contributed by atoms with Crippen molar-refractivity contribution in [2.75, 3.05) is 26.9 Å². The van der Waals surface area contributed by atoms with Gasteiger partial charge in [0, 0.05) is 19.8 Å². The first-order valence-corrected chi connectivity index (χ1v) is 11.4. The summed E-state index contributed by atoms with van der Waals surface area (Å²) in [5, 5.41) is 2.80. The average Bonchev–Trinajstić information content (AvgIpc) is 2.73. The number of hydrogen-bond acceptors (Lipinski definition) is 5. The number of carbonyl (C=O) groups excluding carboxylic acids is 1. The number of hydrogen-bond donors (Lipinski definition) is 2. The summed E-state index contributed by atoms with van der Waals surface area (Å²) in [4.78, 5) is 12.8. The van der Waals surface area contributed by atoms with Gasteiger partial charge in [0.1, 0.15) is 11.8 Å². The van der Waals surface area contributed by atoms with Crippen LogP contribution in [-0.4, -0.2) is 47.2 Å². The zero-order valence-corrected chi connectivity index (χ0v) is 18.5. The Balaban J connectivity index is 2.16. The topological polar surface area (TPSA) is 93.7 Å². The molecule has 30 heavy (non-hydrogen) atoms. The van der Waals surface area contributed by atoms with Gasteiger partial charge < -0.3 is 14.8 Å². The number of rotatable bonds is 12. The quantitative estimate of drug-likeness (QED) is 0.501. The normalized spacial score (nSPS) is 12.4. The molecule has 0 saturated carbocycles. The van der Waals surface area contributed by atoms with Gasteiger partial charge >= 0.3 is 0 Å². The van der Waals surface area contributed by atoms with E-state index in [1.165, 1.54) is 19.2 Å². The van der Waals surface area contributed by atoms with Crippen LogP contribution >= 0.6 is 0 Å². The Morgan fingerprint density at radius 2 is 1.87 bits per heavy atom. The first kappa shape index (κ1) is 23.9. The van der Waals surface area contributed by atoms with Gasteiger partial charge in [-0.05, 0) is 56.0 Å². The fourth-order valence-electron chi connectivity index (χ4n) is 2.96. The Morgan fingerprint density at radius 3 is 2.50 bits per heavy atom. The summed E-state index contributed by atoms with van der Waals surface area (Å²) >= 11 is 0. The van der Waals surface area contributed by atoms with E-state index in [0.717, 1.165) is 5.56 Å². The van der Waals surface area contributed by atoms with Crippen molar-refractivity contribution in [2.24, 2.45) is 0 Å². The molecule has 0 unspecified atom stereocenters. The maximum Gasteiger partial charge on any atom is 0.241 e. The van der Waals surface area contributed by atoms with Gasteiger partial charge in [-0.1, -0.05) is 30.3 Å². The molecule has 0 bridgehead atoms. The SMILES string of the molecule is CCOCCCNC(=O)[C@@H](Cc1ccccc1)NS(=O)(=O)c1ccc(OC)c(C)c1. The van der Waals surface area contributed by atoms with Gasteiger partial charge in [0.2, 0.25) is 15.9 Å². The molecular formula is C22H30N2O5S. The minimum atomic E-state index is -3.90. The summed E-state index contributed by atoms with van der Waals surface area (Å²) in [5.74, 6) is 0.228. The van der Waals surface area contributed by atoms with Crippen molar-refractivity contribution >= 4 is 15.9 Å². The molecular weight excluding hydrogens is 404 g/mol. The van der Waals surface area contributed by atoms with E-state index in [4.69, 9.17) is 9.47 Å². The van der Waals surface area contributed by atoms with Gasteiger partial charge in [-0.25, -0.2) is 8.42 Å². The molecule has 0 radical (unpaired) electrons. The van der Waals surface area contributed by atoms with Crippen molar-refractivity contribution in [1.29, 1.82) is 0 Å².